The molecular weight excluding hydrogens is 400 g/mol. The third-order valence-corrected chi connectivity index (χ3v) is 5.46. The number of nitro benzene ring substituents is 1. The minimum Gasteiger partial charge on any atom is -0.267 e. The van der Waals surface area contributed by atoms with Crippen LogP contribution in [0.15, 0.2) is 93.5 Å². The van der Waals surface area contributed by atoms with Gasteiger partial charge in [0, 0.05) is 23.2 Å². The second-order valence-corrected chi connectivity index (χ2v) is 7.51. The van der Waals surface area contributed by atoms with Crippen LogP contribution in [0.2, 0.25) is 0 Å². The summed E-state index contributed by atoms with van der Waals surface area (Å²) in [6, 6.07) is 19.2. The van der Waals surface area contributed by atoms with Crippen LogP contribution in [0.4, 0.5) is 11.4 Å². The second-order valence-electron chi connectivity index (χ2n) is 6.45. The molecule has 8 heteroatoms. The number of nitrogens with zero attached hydrogens (tertiary/aromatic N) is 4. The first kappa shape index (κ1) is 19.5. The summed E-state index contributed by atoms with van der Waals surface area (Å²) in [4.78, 5) is 28.9. The van der Waals surface area contributed by atoms with Gasteiger partial charge >= 0.3 is 0 Å². The number of amides is 1. The minimum atomic E-state index is -0.453. The first-order valence-corrected chi connectivity index (χ1v) is 9.88. The van der Waals surface area contributed by atoms with Crippen LogP contribution < -0.4 is 5.01 Å². The lowest BCUT2D eigenvalue weighted by atomic mass is 10.1. The van der Waals surface area contributed by atoms with E-state index >= 15 is 0 Å². The summed E-state index contributed by atoms with van der Waals surface area (Å²) >= 11 is 1.37. The van der Waals surface area contributed by atoms with Gasteiger partial charge in [0.05, 0.1) is 21.9 Å². The van der Waals surface area contributed by atoms with E-state index in [9.17, 15) is 14.9 Å². The minimum absolute atomic E-state index is 0.0489. The van der Waals surface area contributed by atoms with Crippen LogP contribution in [0, 0.1) is 10.1 Å². The number of benzene rings is 2. The predicted molar refractivity (Wildman–Crippen MR) is 116 cm³/mol. The number of nitro groups is 1. The van der Waals surface area contributed by atoms with Gasteiger partial charge < -0.3 is 0 Å². The first-order chi connectivity index (χ1) is 14.5. The molecule has 1 aromatic heterocycles. The van der Waals surface area contributed by atoms with Gasteiger partial charge in [-0.2, -0.15) is 10.1 Å². The average Bonchev–Trinajstić information content (AvgIpc) is 3.04. The van der Waals surface area contributed by atoms with Crippen LogP contribution in [0.25, 0.3) is 6.08 Å². The Hall–Kier alpha value is -3.78. The number of rotatable bonds is 5. The van der Waals surface area contributed by atoms with Crippen LogP contribution in [0.5, 0.6) is 0 Å². The van der Waals surface area contributed by atoms with Crippen LogP contribution in [0.1, 0.15) is 12.5 Å². The van der Waals surface area contributed by atoms with E-state index < -0.39 is 4.92 Å². The van der Waals surface area contributed by atoms with E-state index in [4.69, 9.17) is 0 Å². The number of aromatic nitrogens is 1. The molecule has 148 valence electrons. The summed E-state index contributed by atoms with van der Waals surface area (Å²) in [6.07, 6.45) is 3.34. The smallest absolute Gasteiger partial charge is 0.267 e. The van der Waals surface area contributed by atoms with Crippen molar-refractivity contribution in [2.24, 2.45) is 5.10 Å². The second kappa shape index (κ2) is 8.30. The molecule has 4 rings (SSSR count). The first-order valence-electron chi connectivity index (χ1n) is 9.07. The van der Waals surface area contributed by atoms with Crippen LogP contribution >= 0.6 is 11.8 Å². The quantitative estimate of drug-likeness (QED) is 0.334. The highest BCUT2D eigenvalue weighted by Gasteiger charge is 2.29. The van der Waals surface area contributed by atoms with E-state index in [1.807, 2.05) is 36.4 Å². The van der Waals surface area contributed by atoms with E-state index in [1.54, 1.807) is 37.4 Å². The highest BCUT2D eigenvalue weighted by molar-refractivity contribution is 7.99. The molecule has 30 heavy (non-hydrogen) atoms. The summed E-state index contributed by atoms with van der Waals surface area (Å²) in [5, 5.41) is 17.7. The van der Waals surface area contributed by atoms with E-state index in [0.717, 1.165) is 9.92 Å². The van der Waals surface area contributed by atoms with Gasteiger partial charge in [0.25, 0.3) is 11.6 Å². The molecule has 2 heterocycles. The summed E-state index contributed by atoms with van der Waals surface area (Å²) in [6.45, 7) is 1.75. The fourth-order valence-electron chi connectivity index (χ4n) is 2.96. The summed E-state index contributed by atoms with van der Waals surface area (Å²) < 4.78 is 0. The molecule has 0 atom stereocenters. The molecule has 1 aliphatic rings. The number of pyridine rings is 1. The monoisotopic (exact) mass is 416 g/mol. The highest BCUT2D eigenvalue weighted by Crippen LogP contribution is 2.34. The standard InChI is InChI=1S/C22H16N4O3S/c1-15-19(22(27)25(24-15)17-7-3-2-4-8-17)14-16-13-18(26(28)29)10-11-20(16)30-21-9-5-6-12-23-21/h2-14H,1H3. The lowest BCUT2D eigenvalue weighted by molar-refractivity contribution is -0.384. The Bertz CT molecular complexity index is 1180. The summed E-state index contributed by atoms with van der Waals surface area (Å²) in [5.74, 6) is -0.279. The fourth-order valence-corrected chi connectivity index (χ4v) is 3.82. The van der Waals surface area contributed by atoms with Crippen molar-refractivity contribution in [3.63, 3.8) is 0 Å². The maximum absolute atomic E-state index is 13.0. The number of carbonyl (C=O) groups excluding carboxylic acids is 1. The van der Waals surface area contributed by atoms with E-state index in [-0.39, 0.29) is 11.6 Å². The number of hydrogen-bond donors (Lipinski definition) is 0. The molecule has 0 aliphatic carbocycles. The molecule has 0 fully saturated rings. The van der Waals surface area contributed by atoms with Gasteiger partial charge in [0.2, 0.25) is 0 Å². The van der Waals surface area contributed by atoms with E-state index in [0.29, 0.717) is 22.5 Å². The van der Waals surface area contributed by atoms with Crippen LogP contribution in [-0.4, -0.2) is 21.5 Å². The maximum Gasteiger partial charge on any atom is 0.280 e. The molecule has 1 amide bonds. The fraction of sp³-hybridized carbons (Fsp3) is 0.0455. The number of anilines is 1. The molecular formula is C22H16N4O3S. The Morgan fingerprint density at radius 2 is 1.83 bits per heavy atom. The Kier molecular flexibility index (Phi) is 5.40. The van der Waals surface area contributed by atoms with E-state index in [1.165, 1.54) is 28.9 Å². The molecule has 0 saturated carbocycles. The maximum atomic E-state index is 13.0. The normalized spacial score (nSPS) is 14.8. The molecule has 0 radical (unpaired) electrons. The molecule has 3 aromatic rings. The molecule has 0 bridgehead atoms. The third-order valence-electron chi connectivity index (χ3n) is 4.42. The van der Waals surface area contributed by atoms with Crippen molar-refractivity contribution in [2.75, 3.05) is 5.01 Å². The molecule has 0 N–H and O–H groups in total. The van der Waals surface area contributed by atoms with Gasteiger partial charge in [-0.25, -0.2) is 4.98 Å². The summed E-state index contributed by atoms with van der Waals surface area (Å²) in [7, 11) is 0. The van der Waals surface area contributed by atoms with Crippen LogP contribution in [-0.2, 0) is 4.79 Å². The number of hydrogen-bond acceptors (Lipinski definition) is 6. The van der Waals surface area contributed by atoms with Crippen molar-refractivity contribution in [1.82, 2.24) is 4.98 Å². The average molecular weight is 416 g/mol. The van der Waals surface area contributed by atoms with Gasteiger partial charge in [-0.1, -0.05) is 36.0 Å². The number of carbonyl (C=O) groups is 1. The van der Waals surface area contributed by atoms with Gasteiger partial charge in [-0.3, -0.25) is 14.9 Å². The number of hydrazone groups is 1. The Morgan fingerprint density at radius 3 is 2.53 bits per heavy atom. The molecule has 0 unspecified atom stereocenters. The summed E-state index contributed by atoms with van der Waals surface area (Å²) in [5.41, 5.74) is 2.11. The highest BCUT2D eigenvalue weighted by atomic mass is 32.2. The largest absolute Gasteiger partial charge is 0.280 e. The number of para-hydroxylation sites is 1. The van der Waals surface area contributed by atoms with Crippen LogP contribution in [0.3, 0.4) is 0 Å². The molecule has 0 saturated heterocycles. The molecule has 1 aliphatic heterocycles. The van der Waals surface area contributed by atoms with Gasteiger partial charge in [0.1, 0.15) is 5.03 Å². The zero-order chi connectivity index (χ0) is 21.1. The zero-order valence-electron chi connectivity index (χ0n) is 15.9. The van der Waals surface area contributed by atoms with Gasteiger partial charge in [-0.15, -0.1) is 0 Å². The Morgan fingerprint density at radius 1 is 1.07 bits per heavy atom. The molecule has 7 nitrogen and oxygen atoms in total. The molecule has 2 aromatic carbocycles. The van der Waals surface area contributed by atoms with Crippen molar-refractivity contribution in [3.05, 3.63) is 94.2 Å². The number of non-ortho nitro benzene ring substituents is 1. The zero-order valence-corrected chi connectivity index (χ0v) is 16.7. The van der Waals surface area contributed by atoms with Crippen molar-refractivity contribution < 1.29 is 9.72 Å². The van der Waals surface area contributed by atoms with Gasteiger partial charge in [-0.05, 0) is 48.9 Å². The van der Waals surface area contributed by atoms with Gasteiger partial charge in [0.15, 0.2) is 0 Å². The van der Waals surface area contributed by atoms with Crippen molar-refractivity contribution in [1.29, 1.82) is 0 Å². The lowest BCUT2D eigenvalue weighted by Gasteiger charge is -2.11. The lowest BCUT2D eigenvalue weighted by Crippen LogP contribution is -2.21. The Balaban J connectivity index is 1.74. The Labute approximate surface area is 176 Å². The van der Waals surface area contributed by atoms with Crippen molar-refractivity contribution in [2.45, 2.75) is 16.8 Å². The molecule has 0 spiro atoms. The van der Waals surface area contributed by atoms with E-state index in [2.05, 4.69) is 10.1 Å². The SMILES string of the molecule is CC1=NN(c2ccccc2)C(=O)C1=Cc1cc([N+](=O)[O-])ccc1Sc1ccccn1. The van der Waals surface area contributed by atoms with Crippen molar-refractivity contribution in [3.8, 4) is 0 Å². The topological polar surface area (TPSA) is 88.7 Å². The van der Waals surface area contributed by atoms with Crippen molar-refractivity contribution >= 4 is 40.8 Å². The predicted octanol–water partition coefficient (Wildman–Crippen LogP) is 4.95. The third kappa shape index (κ3) is 3.99.